The van der Waals surface area contributed by atoms with Crippen LogP contribution in [0.4, 0.5) is 0 Å². The Labute approximate surface area is 101 Å². The summed E-state index contributed by atoms with van der Waals surface area (Å²) in [5, 5.41) is 5.04. The van der Waals surface area contributed by atoms with Gasteiger partial charge >= 0.3 is 0 Å². The molecule has 1 aromatic rings. The van der Waals surface area contributed by atoms with Gasteiger partial charge in [-0.3, -0.25) is 16.0 Å². The van der Waals surface area contributed by atoms with Crippen LogP contribution < -0.4 is 11.3 Å². The van der Waals surface area contributed by atoms with Crippen molar-refractivity contribution in [3.8, 4) is 0 Å². The first-order valence-corrected chi connectivity index (χ1v) is 6.00. The minimum atomic E-state index is 0.285. The minimum absolute atomic E-state index is 0.285. The number of hydrazine groups is 1. The molecule has 5 heteroatoms. The van der Waals surface area contributed by atoms with Gasteiger partial charge in [-0.2, -0.15) is 5.10 Å². The van der Waals surface area contributed by atoms with Gasteiger partial charge in [0.2, 0.25) is 0 Å². The third kappa shape index (κ3) is 1.97. The predicted molar refractivity (Wildman–Crippen MR) is 65.1 cm³/mol. The van der Waals surface area contributed by atoms with E-state index in [0.29, 0.717) is 5.41 Å². The van der Waals surface area contributed by atoms with E-state index >= 15 is 0 Å². The first-order valence-electron chi connectivity index (χ1n) is 5.62. The number of nitrogens with two attached hydrogens (primary N) is 1. The van der Waals surface area contributed by atoms with Crippen molar-refractivity contribution in [2.75, 3.05) is 0 Å². The molecule has 2 rings (SSSR count). The summed E-state index contributed by atoms with van der Waals surface area (Å²) >= 11 is 6.22. The number of hydrogen-bond donors (Lipinski definition) is 2. The van der Waals surface area contributed by atoms with Crippen LogP contribution in [0.5, 0.6) is 0 Å². The van der Waals surface area contributed by atoms with E-state index in [1.54, 1.807) is 4.68 Å². The highest BCUT2D eigenvalue weighted by Crippen LogP contribution is 2.49. The Hall–Kier alpha value is -0.580. The maximum atomic E-state index is 6.22. The van der Waals surface area contributed by atoms with Crippen molar-refractivity contribution < 1.29 is 0 Å². The Morgan fingerprint density at radius 3 is 2.62 bits per heavy atom. The summed E-state index contributed by atoms with van der Waals surface area (Å²) in [7, 11) is 1.86. The van der Waals surface area contributed by atoms with Gasteiger partial charge in [0.05, 0.1) is 5.69 Å². The summed E-state index contributed by atoms with van der Waals surface area (Å²) in [6.07, 6.45) is 3.32. The van der Waals surface area contributed by atoms with Crippen molar-refractivity contribution in [2.45, 2.75) is 39.2 Å². The number of halogens is 1. The zero-order valence-corrected chi connectivity index (χ0v) is 10.8. The number of rotatable bonds is 4. The molecular weight excluding hydrogens is 224 g/mol. The highest BCUT2D eigenvalue weighted by atomic mass is 35.5. The molecule has 90 valence electrons. The van der Waals surface area contributed by atoms with Gasteiger partial charge in [0.1, 0.15) is 5.15 Å². The van der Waals surface area contributed by atoms with Crippen LogP contribution in [0, 0.1) is 12.3 Å². The molecule has 1 fully saturated rings. The van der Waals surface area contributed by atoms with Crippen molar-refractivity contribution >= 4 is 11.6 Å². The van der Waals surface area contributed by atoms with Crippen LogP contribution >= 0.6 is 11.6 Å². The molecule has 0 amide bonds. The molecule has 0 aromatic carbocycles. The third-order valence-corrected chi connectivity index (χ3v) is 4.23. The Morgan fingerprint density at radius 1 is 1.62 bits per heavy atom. The molecule has 0 saturated heterocycles. The van der Waals surface area contributed by atoms with Crippen molar-refractivity contribution in [3.63, 3.8) is 0 Å². The van der Waals surface area contributed by atoms with Gasteiger partial charge in [-0.15, -0.1) is 0 Å². The lowest BCUT2D eigenvalue weighted by Gasteiger charge is -2.22. The average Bonchev–Trinajstić information content (AvgIpc) is 2.92. The highest BCUT2D eigenvalue weighted by Gasteiger charge is 2.44. The van der Waals surface area contributed by atoms with E-state index in [9.17, 15) is 0 Å². The first-order chi connectivity index (χ1) is 7.48. The molecule has 1 unspecified atom stereocenters. The molecule has 1 aliphatic carbocycles. The molecule has 1 heterocycles. The van der Waals surface area contributed by atoms with Crippen LogP contribution in [0.3, 0.4) is 0 Å². The number of aromatic nitrogens is 2. The van der Waals surface area contributed by atoms with Crippen molar-refractivity contribution in [2.24, 2.45) is 18.3 Å². The molecule has 3 N–H and O–H groups in total. The lowest BCUT2D eigenvalue weighted by molar-refractivity contribution is 0.359. The molecule has 0 spiro atoms. The number of aryl methyl sites for hydroxylation is 2. The molecule has 0 aliphatic heterocycles. The highest BCUT2D eigenvalue weighted by molar-refractivity contribution is 6.30. The Bertz CT molecular complexity index is 395. The van der Waals surface area contributed by atoms with Gasteiger partial charge in [-0.25, -0.2) is 0 Å². The Kier molecular flexibility index (Phi) is 2.99. The fraction of sp³-hybridized carbons (Fsp3) is 0.727. The molecular formula is C11H19ClN4. The third-order valence-electron chi connectivity index (χ3n) is 3.76. The van der Waals surface area contributed by atoms with Gasteiger partial charge in [0, 0.05) is 18.7 Å². The van der Waals surface area contributed by atoms with Gasteiger partial charge in [-0.1, -0.05) is 18.5 Å². The smallest absolute Gasteiger partial charge is 0.130 e. The van der Waals surface area contributed by atoms with E-state index in [0.717, 1.165) is 22.8 Å². The Balaban J connectivity index is 2.19. The Morgan fingerprint density at radius 2 is 2.25 bits per heavy atom. The van der Waals surface area contributed by atoms with E-state index in [2.05, 4.69) is 17.4 Å². The molecule has 1 aliphatic rings. The lowest BCUT2D eigenvalue weighted by Crippen LogP contribution is -2.42. The van der Waals surface area contributed by atoms with Crippen molar-refractivity contribution in [1.82, 2.24) is 15.2 Å². The fourth-order valence-corrected chi connectivity index (χ4v) is 2.41. The second-order valence-electron chi connectivity index (χ2n) is 5.06. The molecule has 0 radical (unpaired) electrons. The minimum Gasteiger partial charge on any atom is -0.271 e. The lowest BCUT2D eigenvalue weighted by atomic mass is 9.93. The summed E-state index contributed by atoms with van der Waals surface area (Å²) in [5.74, 6) is 5.63. The number of nitrogens with one attached hydrogen (secondary N) is 1. The van der Waals surface area contributed by atoms with Crippen molar-refractivity contribution in [1.29, 1.82) is 0 Å². The van der Waals surface area contributed by atoms with Crippen molar-refractivity contribution in [3.05, 3.63) is 16.4 Å². The molecule has 1 atom stereocenters. The monoisotopic (exact) mass is 242 g/mol. The van der Waals surface area contributed by atoms with Crippen LogP contribution in [0.2, 0.25) is 5.15 Å². The van der Waals surface area contributed by atoms with E-state index in [1.807, 2.05) is 14.0 Å². The van der Waals surface area contributed by atoms with E-state index < -0.39 is 0 Å². The van der Waals surface area contributed by atoms with E-state index in [4.69, 9.17) is 17.4 Å². The molecule has 1 aromatic heterocycles. The maximum Gasteiger partial charge on any atom is 0.130 e. The zero-order chi connectivity index (χ0) is 11.9. The van der Waals surface area contributed by atoms with Crippen LogP contribution in [-0.2, 0) is 13.5 Å². The number of nitrogens with zero attached hydrogens (tertiary/aromatic N) is 2. The molecule has 4 nitrogen and oxygen atoms in total. The quantitative estimate of drug-likeness (QED) is 0.622. The molecule has 16 heavy (non-hydrogen) atoms. The predicted octanol–water partition coefficient (Wildman–Crippen LogP) is 1.56. The largest absolute Gasteiger partial charge is 0.271 e. The topological polar surface area (TPSA) is 55.9 Å². The van der Waals surface area contributed by atoms with Gasteiger partial charge in [0.15, 0.2) is 0 Å². The van der Waals surface area contributed by atoms with Crippen LogP contribution in [0.25, 0.3) is 0 Å². The summed E-state index contributed by atoms with van der Waals surface area (Å²) in [6.45, 7) is 4.25. The summed E-state index contributed by atoms with van der Waals surface area (Å²) in [6, 6.07) is 0.285. The second kappa shape index (κ2) is 4.02. The van der Waals surface area contributed by atoms with Crippen LogP contribution in [0.1, 0.15) is 31.0 Å². The standard InChI is InChI=1S/C11H19ClN4/c1-7-8(10(12)16(3)15-7)6-9(14-13)11(2)4-5-11/h9,14H,4-6,13H2,1-3H3. The molecule has 1 saturated carbocycles. The van der Waals surface area contributed by atoms with Crippen LogP contribution in [-0.4, -0.2) is 15.8 Å². The maximum absolute atomic E-state index is 6.22. The summed E-state index contributed by atoms with van der Waals surface area (Å²) < 4.78 is 1.72. The first kappa shape index (κ1) is 11.9. The van der Waals surface area contributed by atoms with Gasteiger partial charge in [0.25, 0.3) is 0 Å². The summed E-state index contributed by atoms with van der Waals surface area (Å²) in [4.78, 5) is 0. The van der Waals surface area contributed by atoms with Gasteiger partial charge < -0.3 is 0 Å². The average molecular weight is 243 g/mol. The summed E-state index contributed by atoms with van der Waals surface area (Å²) in [5.41, 5.74) is 5.36. The van der Waals surface area contributed by atoms with Crippen LogP contribution in [0.15, 0.2) is 0 Å². The number of hydrogen-bond acceptors (Lipinski definition) is 3. The van der Waals surface area contributed by atoms with Gasteiger partial charge in [-0.05, 0) is 31.6 Å². The normalized spacial score (nSPS) is 19.8. The van der Waals surface area contributed by atoms with E-state index in [1.165, 1.54) is 12.8 Å². The molecule has 0 bridgehead atoms. The zero-order valence-electron chi connectivity index (χ0n) is 10.0. The second-order valence-corrected chi connectivity index (χ2v) is 5.41. The SMILES string of the molecule is Cc1nn(C)c(Cl)c1CC(NN)C1(C)CC1. The van der Waals surface area contributed by atoms with E-state index in [-0.39, 0.29) is 6.04 Å². The fourth-order valence-electron chi connectivity index (χ4n) is 2.16.